The summed E-state index contributed by atoms with van der Waals surface area (Å²) in [5.41, 5.74) is 7.60. The number of rotatable bonds is 4. The molecule has 0 aliphatic carbocycles. The number of benzene rings is 1. The first-order chi connectivity index (χ1) is 9.08. The normalized spacial score (nSPS) is 24.7. The second-order valence-electron chi connectivity index (χ2n) is 6.08. The summed E-state index contributed by atoms with van der Waals surface area (Å²) < 4.78 is 5.22. The van der Waals surface area contributed by atoms with Gasteiger partial charge in [-0.1, -0.05) is 26.0 Å². The van der Waals surface area contributed by atoms with Gasteiger partial charge in [-0.25, -0.2) is 0 Å². The van der Waals surface area contributed by atoms with Crippen LogP contribution >= 0.6 is 0 Å². The molecule has 0 bridgehead atoms. The Morgan fingerprint density at radius 3 is 2.53 bits per heavy atom. The van der Waals surface area contributed by atoms with Crippen molar-refractivity contribution in [1.82, 2.24) is 4.90 Å². The number of methoxy groups -OCH3 is 1. The van der Waals surface area contributed by atoms with Crippen molar-refractivity contribution < 1.29 is 4.74 Å². The molecule has 1 aliphatic heterocycles. The largest absolute Gasteiger partial charge is 0.497 e. The lowest BCUT2D eigenvalue weighted by molar-refractivity contribution is 0.171. The molecule has 3 heteroatoms. The predicted molar refractivity (Wildman–Crippen MR) is 79.6 cm³/mol. The van der Waals surface area contributed by atoms with E-state index in [1.165, 1.54) is 5.56 Å². The molecule has 2 N–H and O–H groups in total. The average Bonchev–Trinajstić information content (AvgIpc) is 2.37. The Kier molecular flexibility index (Phi) is 4.83. The number of hydrogen-bond donors (Lipinski definition) is 1. The summed E-state index contributed by atoms with van der Waals surface area (Å²) >= 11 is 0. The molecule has 1 aliphatic rings. The van der Waals surface area contributed by atoms with Crippen molar-refractivity contribution in [2.75, 3.05) is 26.7 Å². The second kappa shape index (κ2) is 6.40. The molecule has 1 aromatic rings. The van der Waals surface area contributed by atoms with Crippen LogP contribution < -0.4 is 10.5 Å². The maximum absolute atomic E-state index is 6.22. The molecule has 1 aromatic carbocycles. The smallest absolute Gasteiger partial charge is 0.118 e. The van der Waals surface area contributed by atoms with Crippen molar-refractivity contribution >= 4 is 0 Å². The SMILES string of the molecule is COc1ccc(C2CC(N)CN(CC(C)C)C2)cc1. The van der Waals surface area contributed by atoms with Crippen LogP contribution in [0.15, 0.2) is 24.3 Å². The van der Waals surface area contributed by atoms with E-state index < -0.39 is 0 Å². The molecule has 3 nitrogen and oxygen atoms in total. The highest BCUT2D eigenvalue weighted by atomic mass is 16.5. The van der Waals surface area contributed by atoms with Crippen molar-refractivity contribution in [2.24, 2.45) is 11.7 Å². The lowest BCUT2D eigenvalue weighted by Gasteiger charge is -2.37. The summed E-state index contributed by atoms with van der Waals surface area (Å²) in [7, 11) is 1.70. The minimum atomic E-state index is 0.291. The summed E-state index contributed by atoms with van der Waals surface area (Å²) in [6.07, 6.45) is 1.08. The van der Waals surface area contributed by atoms with Crippen molar-refractivity contribution in [3.8, 4) is 5.75 Å². The molecule has 0 spiro atoms. The van der Waals surface area contributed by atoms with E-state index in [1.54, 1.807) is 7.11 Å². The first-order valence-corrected chi connectivity index (χ1v) is 7.20. The van der Waals surface area contributed by atoms with E-state index in [1.807, 2.05) is 12.1 Å². The molecular formula is C16H26N2O. The van der Waals surface area contributed by atoms with Gasteiger partial charge in [0.1, 0.15) is 5.75 Å². The van der Waals surface area contributed by atoms with Gasteiger partial charge in [0.15, 0.2) is 0 Å². The fourth-order valence-electron chi connectivity index (χ4n) is 3.02. The quantitative estimate of drug-likeness (QED) is 0.906. The van der Waals surface area contributed by atoms with Crippen LogP contribution in [0.4, 0.5) is 0 Å². The average molecular weight is 262 g/mol. The summed E-state index contributed by atoms with van der Waals surface area (Å²) in [6.45, 7) is 7.83. The Morgan fingerprint density at radius 1 is 1.26 bits per heavy atom. The zero-order valence-corrected chi connectivity index (χ0v) is 12.3. The maximum Gasteiger partial charge on any atom is 0.118 e. The van der Waals surface area contributed by atoms with E-state index in [-0.39, 0.29) is 0 Å². The molecule has 2 unspecified atom stereocenters. The first kappa shape index (κ1) is 14.4. The third-order valence-electron chi connectivity index (χ3n) is 3.77. The predicted octanol–water partition coefficient (Wildman–Crippen LogP) is 2.47. The molecule has 19 heavy (non-hydrogen) atoms. The first-order valence-electron chi connectivity index (χ1n) is 7.20. The summed E-state index contributed by atoms with van der Waals surface area (Å²) in [5.74, 6) is 2.16. The molecule has 1 heterocycles. The molecule has 0 radical (unpaired) electrons. The number of likely N-dealkylation sites (tertiary alicyclic amines) is 1. The fourth-order valence-corrected chi connectivity index (χ4v) is 3.02. The maximum atomic E-state index is 6.22. The van der Waals surface area contributed by atoms with E-state index in [0.29, 0.717) is 17.9 Å². The van der Waals surface area contributed by atoms with E-state index in [4.69, 9.17) is 10.5 Å². The highest BCUT2D eigenvalue weighted by molar-refractivity contribution is 5.30. The van der Waals surface area contributed by atoms with Crippen LogP contribution in [0.2, 0.25) is 0 Å². The second-order valence-corrected chi connectivity index (χ2v) is 6.08. The minimum Gasteiger partial charge on any atom is -0.497 e. The lowest BCUT2D eigenvalue weighted by atomic mass is 9.88. The van der Waals surface area contributed by atoms with Crippen molar-refractivity contribution in [1.29, 1.82) is 0 Å². The van der Waals surface area contributed by atoms with Crippen LogP contribution in [-0.4, -0.2) is 37.7 Å². The van der Waals surface area contributed by atoms with Gasteiger partial charge < -0.3 is 15.4 Å². The van der Waals surface area contributed by atoms with Gasteiger partial charge in [0.2, 0.25) is 0 Å². The number of hydrogen-bond acceptors (Lipinski definition) is 3. The molecular weight excluding hydrogens is 236 g/mol. The molecule has 1 saturated heterocycles. The Bertz CT molecular complexity index is 386. The molecule has 0 amide bonds. The molecule has 2 rings (SSSR count). The van der Waals surface area contributed by atoms with Crippen LogP contribution in [0.1, 0.15) is 31.7 Å². The van der Waals surface area contributed by atoms with Crippen LogP contribution in [-0.2, 0) is 0 Å². The van der Waals surface area contributed by atoms with Gasteiger partial charge in [0.25, 0.3) is 0 Å². The fraction of sp³-hybridized carbons (Fsp3) is 0.625. The third-order valence-corrected chi connectivity index (χ3v) is 3.77. The Hall–Kier alpha value is -1.06. The number of ether oxygens (including phenoxy) is 1. The van der Waals surface area contributed by atoms with Crippen LogP contribution in [0.5, 0.6) is 5.75 Å². The molecule has 1 fully saturated rings. The van der Waals surface area contributed by atoms with Gasteiger partial charge in [0.05, 0.1) is 7.11 Å². The summed E-state index contributed by atoms with van der Waals surface area (Å²) in [4.78, 5) is 2.51. The Balaban J connectivity index is 2.05. The van der Waals surface area contributed by atoms with Crippen LogP contribution in [0, 0.1) is 5.92 Å². The highest BCUT2D eigenvalue weighted by Crippen LogP contribution is 2.28. The van der Waals surface area contributed by atoms with Crippen LogP contribution in [0.3, 0.4) is 0 Å². The lowest BCUT2D eigenvalue weighted by Crippen LogP contribution is -2.47. The molecule has 0 saturated carbocycles. The zero-order chi connectivity index (χ0) is 13.8. The van der Waals surface area contributed by atoms with Crippen LogP contribution in [0.25, 0.3) is 0 Å². The Labute approximate surface area is 116 Å². The highest BCUT2D eigenvalue weighted by Gasteiger charge is 2.26. The Morgan fingerprint density at radius 2 is 1.95 bits per heavy atom. The topological polar surface area (TPSA) is 38.5 Å². The third kappa shape index (κ3) is 3.95. The van der Waals surface area contributed by atoms with Gasteiger partial charge in [0, 0.05) is 25.7 Å². The number of piperidine rings is 1. The van der Waals surface area contributed by atoms with E-state index in [2.05, 4.69) is 30.9 Å². The monoisotopic (exact) mass is 262 g/mol. The number of nitrogens with zero attached hydrogens (tertiary/aromatic N) is 1. The van der Waals surface area contributed by atoms with Gasteiger partial charge in [-0.15, -0.1) is 0 Å². The van der Waals surface area contributed by atoms with Gasteiger partial charge in [-0.2, -0.15) is 0 Å². The standard InChI is InChI=1S/C16H26N2O/c1-12(2)9-18-10-14(8-15(17)11-18)13-4-6-16(19-3)7-5-13/h4-7,12,14-15H,8-11,17H2,1-3H3. The van der Waals surface area contributed by atoms with Crippen molar-refractivity contribution in [3.05, 3.63) is 29.8 Å². The van der Waals surface area contributed by atoms with E-state index >= 15 is 0 Å². The molecule has 0 aromatic heterocycles. The molecule has 2 atom stereocenters. The number of nitrogens with two attached hydrogens (primary N) is 1. The van der Waals surface area contributed by atoms with Gasteiger partial charge in [-0.05, 0) is 36.0 Å². The molecule has 106 valence electrons. The van der Waals surface area contributed by atoms with E-state index in [0.717, 1.165) is 31.8 Å². The van der Waals surface area contributed by atoms with Crippen molar-refractivity contribution in [3.63, 3.8) is 0 Å². The van der Waals surface area contributed by atoms with E-state index in [9.17, 15) is 0 Å². The zero-order valence-electron chi connectivity index (χ0n) is 12.3. The summed E-state index contributed by atoms with van der Waals surface area (Å²) in [5, 5.41) is 0. The van der Waals surface area contributed by atoms with Crippen molar-refractivity contribution in [2.45, 2.75) is 32.2 Å². The van der Waals surface area contributed by atoms with Gasteiger partial charge >= 0.3 is 0 Å². The minimum absolute atomic E-state index is 0.291. The van der Waals surface area contributed by atoms with Gasteiger partial charge in [-0.3, -0.25) is 0 Å². The summed E-state index contributed by atoms with van der Waals surface area (Å²) in [6, 6.07) is 8.73.